The molecule has 1 atom stereocenters. The van der Waals surface area contributed by atoms with Gasteiger partial charge in [0.2, 0.25) is 0 Å². The lowest BCUT2D eigenvalue weighted by atomic mass is 10.1. The molecule has 2 heterocycles. The van der Waals surface area contributed by atoms with Crippen LogP contribution in [-0.2, 0) is 6.42 Å². The second kappa shape index (κ2) is 4.30. The molecule has 0 radical (unpaired) electrons. The van der Waals surface area contributed by atoms with Crippen LogP contribution in [0.15, 0.2) is 34.9 Å². The van der Waals surface area contributed by atoms with Gasteiger partial charge in [0.05, 0.1) is 5.69 Å². The van der Waals surface area contributed by atoms with Gasteiger partial charge in [0.25, 0.3) is 0 Å². The highest BCUT2D eigenvalue weighted by Crippen LogP contribution is 2.29. The Labute approximate surface area is 110 Å². The predicted molar refractivity (Wildman–Crippen MR) is 73.0 cm³/mol. The van der Waals surface area contributed by atoms with Crippen LogP contribution in [-0.4, -0.2) is 9.55 Å². The molecule has 17 heavy (non-hydrogen) atoms. The van der Waals surface area contributed by atoms with E-state index in [0.717, 1.165) is 16.6 Å². The number of fused-ring (bicyclic) bond motifs is 1. The fourth-order valence-corrected chi connectivity index (χ4v) is 2.88. The van der Waals surface area contributed by atoms with Crippen LogP contribution in [0.5, 0.6) is 0 Å². The van der Waals surface area contributed by atoms with E-state index in [2.05, 4.69) is 51.8 Å². The molecule has 3 heteroatoms. The summed E-state index contributed by atoms with van der Waals surface area (Å²) in [6, 6.07) is 8.93. The molecule has 88 valence electrons. The molecule has 0 aliphatic carbocycles. The third kappa shape index (κ3) is 2.04. The molecule has 0 unspecified atom stereocenters. The summed E-state index contributed by atoms with van der Waals surface area (Å²) in [7, 11) is 0. The van der Waals surface area contributed by atoms with Crippen LogP contribution < -0.4 is 0 Å². The smallest absolute Gasteiger partial charge is 0.109 e. The lowest BCUT2D eigenvalue weighted by Gasteiger charge is -2.20. The van der Waals surface area contributed by atoms with Crippen LogP contribution in [0.1, 0.15) is 31.6 Å². The van der Waals surface area contributed by atoms with Crippen molar-refractivity contribution in [1.29, 1.82) is 0 Å². The summed E-state index contributed by atoms with van der Waals surface area (Å²) in [5.74, 6) is 1.23. The molecule has 3 rings (SSSR count). The summed E-state index contributed by atoms with van der Waals surface area (Å²) in [5, 5.41) is 0. The molecule has 1 aromatic carbocycles. The molecule has 0 fully saturated rings. The van der Waals surface area contributed by atoms with Crippen molar-refractivity contribution < 1.29 is 0 Å². The Bertz CT molecular complexity index is 545. The van der Waals surface area contributed by atoms with Crippen LogP contribution in [0, 0.1) is 0 Å². The van der Waals surface area contributed by atoms with Crippen molar-refractivity contribution in [2.45, 2.75) is 32.2 Å². The van der Waals surface area contributed by atoms with Gasteiger partial charge in [-0.25, -0.2) is 4.98 Å². The van der Waals surface area contributed by atoms with Gasteiger partial charge in [-0.3, -0.25) is 0 Å². The molecule has 2 aromatic rings. The zero-order valence-corrected chi connectivity index (χ0v) is 11.4. The second-order valence-electron chi connectivity index (χ2n) is 4.70. The van der Waals surface area contributed by atoms with E-state index in [1.54, 1.807) is 0 Å². The van der Waals surface area contributed by atoms with Crippen molar-refractivity contribution in [3.63, 3.8) is 0 Å². The van der Waals surface area contributed by atoms with E-state index in [4.69, 9.17) is 4.98 Å². The minimum absolute atomic E-state index is 0.590. The predicted octanol–water partition coefficient (Wildman–Crippen LogP) is 4.21. The zero-order chi connectivity index (χ0) is 11.8. The SMILES string of the molecule is C[C@@H]1CCCc2nc(-c3cccc(Br)c3)cn21. The fourth-order valence-electron chi connectivity index (χ4n) is 2.48. The molecule has 1 aromatic heterocycles. The molecular formula is C14H15BrN2. The number of aromatic nitrogens is 2. The van der Waals surface area contributed by atoms with Gasteiger partial charge in [0.1, 0.15) is 5.82 Å². The summed E-state index contributed by atoms with van der Waals surface area (Å²) in [4.78, 5) is 4.75. The van der Waals surface area contributed by atoms with Crippen molar-refractivity contribution in [2.75, 3.05) is 0 Å². The molecule has 0 spiro atoms. The molecule has 1 aliphatic rings. The minimum atomic E-state index is 0.590. The lowest BCUT2D eigenvalue weighted by Crippen LogP contribution is -2.14. The maximum atomic E-state index is 4.75. The molecule has 1 aliphatic heterocycles. The van der Waals surface area contributed by atoms with Gasteiger partial charge in [-0.15, -0.1) is 0 Å². The Kier molecular flexibility index (Phi) is 2.79. The largest absolute Gasteiger partial charge is 0.331 e. The van der Waals surface area contributed by atoms with Gasteiger partial charge in [0, 0.05) is 28.7 Å². The van der Waals surface area contributed by atoms with E-state index in [1.165, 1.54) is 24.2 Å². The van der Waals surface area contributed by atoms with E-state index in [0.29, 0.717) is 6.04 Å². The number of aryl methyl sites for hydroxylation is 1. The Hall–Kier alpha value is -1.09. The zero-order valence-electron chi connectivity index (χ0n) is 9.86. The summed E-state index contributed by atoms with van der Waals surface area (Å²) in [6.07, 6.45) is 5.83. The Morgan fingerprint density at radius 1 is 1.41 bits per heavy atom. The van der Waals surface area contributed by atoms with Gasteiger partial charge in [-0.1, -0.05) is 28.1 Å². The monoisotopic (exact) mass is 290 g/mol. The molecule has 2 nitrogen and oxygen atoms in total. The van der Waals surface area contributed by atoms with Crippen LogP contribution in [0.3, 0.4) is 0 Å². The van der Waals surface area contributed by atoms with Crippen molar-refractivity contribution in [3.8, 4) is 11.3 Å². The van der Waals surface area contributed by atoms with Crippen molar-refractivity contribution in [2.24, 2.45) is 0 Å². The van der Waals surface area contributed by atoms with E-state index < -0.39 is 0 Å². The molecule has 0 amide bonds. The maximum absolute atomic E-state index is 4.75. The van der Waals surface area contributed by atoms with Crippen molar-refractivity contribution >= 4 is 15.9 Å². The summed E-state index contributed by atoms with van der Waals surface area (Å²) < 4.78 is 3.44. The van der Waals surface area contributed by atoms with E-state index in [1.807, 2.05) is 6.07 Å². The molecule has 0 bridgehead atoms. The minimum Gasteiger partial charge on any atom is -0.331 e. The third-order valence-corrected chi connectivity index (χ3v) is 3.92. The third-order valence-electron chi connectivity index (χ3n) is 3.43. The standard InChI is InChI=1S/C14H15BrN2/c1-10-4-2-7-14-16-13(9-17(10)14)11-5-3-6-12(15)8-11/h3,5-6,8-10H,2,4,7H2,1H3/t10-/m1/s1. The van der Waals surface area contributed by atoms with Crippen molar-refractivity contribution in [1.82, 2.24) is 9.55 Å². The first-order chi connectivity index (χ1) is 8.24. The first-order valence-corrected chi connectivity index (χ1v) is 6.87. The highest BCUT2D eigenvalue weighted by atomic mass is 79.9. The van der Waals surface area contributed by atoms with Gasteiger partial charge in [-0.05, 0) is 31.9 Å². The van der Waals surface area contributed by atoms with Crippen LogP contribution >= 0.6 is 15.9 Å². The van der Waals surface area contributed by atoms with Gasteiger partial charge < -0.3 is 4.57 Å². The maximum Gasteiger partial charge on any atom is 0.109 e. The Morgan fingerprint density at radius 3 is 3.06 bits per heavy atom. The van der Waals surface area contributed by atoms with Gasteiger partial charge >= 0.3 is 0 Å². The number of rotatable bonds is 1. The van der Waals surface area contributed by atoms with Crippen LogP contribution in [0.4, 0.5) is 0 Å². The molecular weight excluding hydrogens is 276 g/mol. The highest BCUT2D eigenvalue weighted by molar-refractivity contribution is 9.10. The van der Waals surface area contributed by atoms with E-state index in [9.17, 15) is 0 Å². The van der Waals surface area contributed by atoms with Crippen molar-refractivity contribution in [3.05, 3.63) is 40.8 Å². The first kappa shape index (κ1) is 11.0. The average molecular weight is 291 g/mol. The number of hydrogen-bond donors (Lipinski definition) is 0. The molecule has 0 saturated heterocycles. The average Bonchev–Trinajstić information content (AvgIpc) is 2.74. The Morgan fingerprint density at radius 2 is 2.29 bits per heavy atom. The van der Waals surface area contributed by atoms with E-state index >= 15 is 0 Å². The summed E-state index contributed by atoms with van der Waals surface area (Å²) in [5.41, 5.74) is 2.28. The number of nitrogens with zero attached hydrogens (tertiary/aromatic N) is 2. The van der Waals surface area contributed by atoms with Gasteiger partial charge in [-0.2, -0.15) is 0 Å². The fraction of sp³-hybridized carbons (Fsp3) is 0.357. The number of halogens is 1. The number of benzene rings is 1. The normalized spacial score (nSPS) is 19.1. The number of imidazole rings is 1. The van der Waals surface area contributed by atoms with Crippen LogP contribution in [0.2, 0.25) is 0 Å². The van der Waals surface area contributed by atoms with Crippen LogP contribution in [0.25, 0.3) is 11.3 Å². The van der Waals surface area contributed by atoms with E-state index in [-0.39, 0.29) is 0 Å². The number of hydrogen-bond acceptors (Lipinski definition) is 1. The lowest BCUT2D eigenvalue weighted by molar-refractivity contribution is 0.426. The Balaban J connectivity index is 2.05. The summed E-state index contributed by atoms with van der Waals surface area (Å²) in [6.45, 7) is 2.27. The first-order valence-electron chi connectivity index (χ1n) is 6.08. The summed E-state index contributed by atoms with van der Waals surface area (Å²) >= 11 is 3.51. The quantitative estimate of drug-likeness (QED) is 0.769. The topological polar surface area (TPSA) is 17.8 Å². The molecule has 0 saturated carbocycles. The second-order valence-corrected chi connectivity index (χ2v) is 5.62. The highest BCUT2D eigenvalue weighted by Gasteiger charge is 2.18. The molecule has 0 N–H and O–H groups in total. The van der Waals surface area contributed by atoms with Gasteiger partial charge in [0.15, 0.2) is 0 Å².